The van der Waals surface area contributed by atoms with Crippen LogP contribution in [0.5, 0.6) is 5.75 Å². The molecule has 9 nitrogen and oxygen atoms in total. The van der Waals surface area contributed by atoms with Crippen LogP contribution in [0.15, 0.2) is 34.2 Å². The second kappa shape index (κ2) is 9.62. The Balaban J connectivity index is 1.85. The Morgan fingerprint density at radius 1 is 1.26 bits per heavy atom. The summed E-state index contributed by atoms with van der Waals surface area (Å²) in [5.74, 6) is -1.59. The normalized spacial score (nSPS) is 10.6. The Morgan fingerprint density at radius 2 is 1.96 bits per heavy atom. The molecule has 0 aliphatic rings. The lowest BCUT2D eigenvalue weighted by Crippen LogP contribution is -2.19. The molecule has 0 saturated carbocycles. The van der Waals surface area contributed by atoms with Crippen molar-refractivity contribution < 1.29 is 28.2 Å². The number of aromatic amines is 1. The van der Waals surface area contributed by atoms with Gasteiger partial charge in [-0.1, -0.05) is 11.8 Å². The van der Waals surface area contributed by atoms with Crippen molar-refractivity contribution in [2.45, 2.75) is 24.6 Å². The van der Waals surface area contributed by atoms with Crippen LogP contribution in [-0.4, -0.2) is 44.5 Å². The van der Waals surface area contributed by atoms with Crippen molar-refractivity contribution >= 4 is 29.3 Å². The Labute approximate surface area is 155 Å². The fraction of sp³-hybridized carbons (Fsp3) is 0.267. The van der Waals surface area contributed by atoms with E-state index < -0.39 is 24.0 Å². The van der Waals surface area contributed by atoms with Gasteiger partial charge in [-0.15, -0.1) is 10.2 Å². The molecular formula is C15H14F2N4O5S. The van der Waals surface area contributed by atoms with E-state index in [1.165, 1.54) is 24.3 Å². The summed E-state index contributed by atoms with van der Waals surface area (Å²) in [7, 11) is 0. The maximum atomic E-state index is 12.1. The molecule has 1 aromatic carbocycles. The van der Waals surface area contributed by atoms with Gasteiger partial charge in [0, 0.05) is 12.1 Å². The first kappa shape index (κ1) is 20.3. The molecule has 1 aromatic heterocycles. The number of carboxylic acids is 1. The molecule has 3 N–H and O–H groups in total. The van der Waals surface area contributed by atoms with Crippen molar-refractivity contribution in [1.29, 1.82) is 0 Å². The standard InChI is InChI=1S/C15H14F2N4O5S/c16-14(17)26-9-3-1-8(2-4-9)18-11(22)7-27-15-19-13(25)10(20-21-15)5-6-12(23)24/h1-4,14H,5-7H2,(H,18,22)(H,23,24)(H,19,21,25). The average Bonchev–Trinajstić information content (AvgIpc) is 2.60. The molecule has 0 unspecified atom stereocenters. The maximum absolute atomic E-state index is 12.1. The van der Waals surface area contributed by atoms with Crippen molar-refractivity contribution in [3.8, 4) is 5.75 Å². The highest BCUT2D eigenvalue weighted by Crippen LogP contribution is 2.18. The van der Waals surface area contributed by atoms with Crippen LogP contribution < -0.4 is 15.6 Å². The van der Waals surface area contributed by atoms with E-state index in [1.54, 1.807) is 0 Å². The van der Waals surface area contributed by atoms with Crippen LogP contribution >= 0.6 is 11.8 Å². The summed E-state index contributed by atoms with van der Waals surface area (Å²) in [6.45, 7) is -2.93. The third-order valence-corrected chi connectivity index (χ3v) is 3.89. The van der Waals surface area contributed by atoms with Crippen molar-refractivity contribution in [3.63, 3.8) is 0 Å². The summed E-state index contributed by atoms with van der Waals surface area (Å²) in [6, 6.07) is 5.37. The van der Waals surface area contributed by atoms with E-state index in [1.807, 2.05) is 0 Å². The van der Waals surface area contributed by atoms with E-state index >= 15 is 0 Å². The van der Waals surface area contributed by atoms with Gasteiger partial charge in [0.25, 0.3) is 5.56 Å². The van der Waals surface area contributed by atoms with Crippen LogP contribution in [0.1, 0.15) is 12.1 Å². The van der Waals surface area contributed by atoms with Crippen LogP contribution in [0.25, 0.3) is 0 Å². The lowest BCUT2D eigenvalue weighted by molar-refractivity contribution is -0.137. The molecule has 0 saturated heterocycles. The van der Waals surface area contributed by atoms with Gasteiger partial charge in [0.15, 0.2) is 5.16 Å². The summed E-state index contributed by atoms with van der Waals surface area (Å²) >= 11 is 0.925. The van der Waals surface area contributed by atoms with Gasteiger partial charge < -0.3 is 15.2 Å². The van der Waals surface area contributed by atoms with Crippen LogP contribution in [0.3, 0.4) is 0 Å². The summed E-state index contributed by atoms with van der Waals surface area (Å²) in [5.41, 5.74) is -0.188. The third kappa shape index (κ3) is 7.01. The van der Waals surface area contributed by atoms with Crippen LogP contribution in [-0.2, 0) is 16.0 Å². The number of hydrogen-bond donors (Lipinski definition) is 3. The summed E-state index contributed by atoms with van der Waals surface area (Å²) in [6.07, 6.45) is -0.290. The molecule has 12 heteroatoms. The number of ether oxygens (including phenoxy) is 1. The van der Waals surface area contributed by atoms with E-state index in [0.717, 1.165) is 11.8 Å². The fourth-order valence-corrected chi connectivity index (χ4v) is 2.45. The van der Waals surface area contributed by atoms with Gasteiger partial charge in [-0.2, -0.15) is 8.78 Å². The molecule has 0 bridgehead atoms. The molecule has 0 aliphatic carbocycles. The minimum Gasteiger partial charge on any atom is -0.481 e. The highest BCUT2D eigenvalue weighted by Gasteiger charge is 2.10. The second-order valence-electron chi connectivity index (χ2n) is 5.04. The maximum Gasteiger partial charge on any atom is 0.387 e. The number of anilines is 1. The number of carbonyl (C=O) groups is 2. The number of thioether (sulfide) groups is 1. The summed E-state index contributed by atoms with van der Waals surface area (Å²) < 4.78 is 28.3. The molecule has 144 valence electrons. The zero-order chi connectivity index (χ0) is 19.8. The molecule has 27 heavy (non-hydrogen) atoms. The third-order valence-electron chi connectivity index (χ3n) is 3.02. The first-order chi connectivity index (χ1) is 12.8. The number of aromatic nitrogens is 3. The highest BCUT2D eigenvalue weighted by atomic mass is 32.2. The first-order valence-corrected chi connectivity index (χ1v) is 8.47. The first-order valence-electron chi connectivity index (χ1n) is 7.48. The Morgan fingerprint density at radius 3 is 2.56 bits per heavy atom. The number of amides is 1. The van der Waals surface area contributed by atoms with E-state index in [2.05, 4.69) is 25.2 Å². The Hall–Kier alpha value is -3.02. The van der Waals surface area contributed by atoms with E-state index in [-0.39, 0.29) is 35.2 Å². The number of carbonyl (C=O) groups excluding carboxylic acids is 1. The number of halogens is 2. The number of hydrogen-bond acceptors (Lipinski definition) is 7. The molecule has 2 rings (SSSR count). The number of nitrogens with zero attached hydrogens (tertiary/aromatic N) is 2. The average molecular weight is 400 g/mol. The van der Waals surface area contributed by atoms with E-state index in [4.69, 9.17) is 5.11 Å². The zero-order valence-electron chi connectivity index (χ0n) is 13.6. The molecule has 1 heterocycles. The minimum absolute atomic E-state index is 0.00249. The van der Waals surface area contributed by atoms with Gasteiger partial charge in [-0.3, -0.25) is 19.4 Å². The smallest absolute Gasteiger partial charge is 0.387 e. The Kier molecular flexibility index (Phi) is 7.23. The number of H-pyrrole nitrogens is 1. The molecule has 0 spiro atoms. The lowest BCUT2D eigenvalue weighted by atomic mass is 10.2. The van der Waals surface area contributed by atoms with Gasteiger partial charge in [0.2, 0.25) is 5.91 Å². The number of alkyl halides is 2. The molecular weight excluding hydrogens is 386 g/mol. The number of aliphatic carboxylic acids is 1. The number of carboxylic acid groups (broad SMARTS) is 1. The molecule has 0 radical (unpaired) electrons. The van der Waals surface area contributed by atoms with Crippen LogP contribution in [0.4, 0.5) is 14.5 Å². The topological polar surface area (TPSA) is 134 Å². The van der Waals surface area contributed by atoms with Crippen LogP contribution in [0.2, 0.25) is 0 Å². The van der Waals surface area contributed by atoms with Gasteiger partial charge in [0.1, 0.15) is 11.4 Å². The van der Waals surface area contributed by atoms with E-state index in [0.29, 0.717) is 5.69 Å². The van der Waals surface area contributed by atoms with E-state index in [9.17, 15) is 23.2 Å². The van der Waals surface area contributed by atoms with Crippen molar-refractivity contribution in [2.24, 2.45) is 0 Å². The van der Waals surface area contributed by atoms with Gasteiger partial charge >= 0.3 is 12.6 Å². The molecule has 0 fully saturated rings. The molecule has 2 aromatic rings. The summed E-state index contributed by atoms with van der Waals surface area (Å²) in [4.78, 5) is 36.6. The zero-order valence-corrected chi connectivity index (χ0v) is 14.5. The number of rotatable bonds is 9. The second-order valence-corrected chi connectivity index (χ2v) is 6.00. The lowest BCUT2D eigenvalue weighted by Gasteiger charge is -2.07. The number of aryl methyl sites for hydroxylation is 1. The van der Waals surface area contributed by atoms with Gasteiger partial charge in [-0.05, 0) is 24.3 Å². The van der Waals surface area contributed by atoms with Gasteiger partial charge in [-0.25, -0.2) is 0 Å². The molecule has 0 atom stereocenters. The quantitative estimate of drug-likeness (QED) is 0.539. The van der Waals surface area contributed by atoms with Crippen molar-refractivity contribution in [3.05, 3.63) is 40.3 Å². The van der Waals surface area contributed by atoms with Gasteiger partial charge in [0.05, 0.1) is 12.2 Å². The largest absolute Gasteiger partial charge is 0.481 e. The predicted molar refractivity (Wildman–Crippen MR) is 91.0 cm³/mol. The number of benzene rings is 1. The van der Waals surface area contributed by atoms with Crippen LogP contribution in [0, 0.1) is 0 Å². The monoisotopic (exact) mass is 400 g/mol. The number of nitrogens with one attached hydrogen (secondary N) is 2. The molecule has 0 aliphatic heterocycles. The summed E-state index contributed by atoms with van der Waals surface area (Å²) in [5, 5.41) is 18.6. The van der Waals surface area contributed by atoms with Crippen molar-refractivity contribution in [2.75, 3.05) is 11.1 Å². The SMILES string of the molecule is O=C(O)CCc1nnc(SCC(=O)Nc2ccc(OC(F)F)cc2)[nH]c1=O. The fourth-order valence-electron chi connectivity index (χ4n) is 1.85. The van der Waals surface area contributed by atoms with Crippen molar-refractivity contribution in [1.82, 2.24) is 15.2 Å². The Bertz CT molecular complexity index is 860. The highest BCUT2D eigenvalue weighted by molar-refractivity contribution is 7.99. The molecule has 1 amide bonds. The minimum atomic E-state index is -2.93. The predicted octanol–water partition coefficient (Wildman–Crippen LogP) is 1.51.